The van der Waals surface area contributed by atoms with Gasteiger partial charge < -0.3 is 4.74 Å². The lowest BCUT2D eigenvalue weighted by Gasteiger charge is -2.25. The van der Waals surface area contributed by atoms with Crippen molar-refractivity contribution in [2.75, 3.05) is 0 Å². The second kappa shape index (κ2) is 5.00. The molecule has 0 aromatic rings. The Kier molecular flexibility index (Phi) is 3.67. The lowest BCUT2D eigenvalue weighted by molar-refractivity contribution is -0.147. The van der Waals surface area contributed by atoms with E-state index in [1.165, 1.54) is 0 Å². The molecule has 4 nitrogen and oxygen atoms in total. The van der Waals surface area contributed by atoms with Gasteiger partial charge in [0.15, 0.2) is 11.6 Å². The fourth-order valence-electron chi connectivity index (χ4n) is 2.77. The molecule has 0 saturated carbocycles. The highest BCUT2D eigenvalue weighted by molar-refractivity contribution is 6.24. The first-order valence-electron chi connectivity index (χ1n) is 6.93. The maximum absolute atomic E-state index is 12.3. The molecule has 0 aromatic carbocycles. The van der Waals surface area contributed by atoms with Gasteiger partial charge in [0.25, 0.3) is 0 Å². The first kappa shape index (κ1) is 14.7. The molecule has 20 heavy (non-hydrogen) atoms. The van der Waals surface area contributed by atoms with Gasteiger partial charge in [-0.25, -0.2) is 0 Å². The zero-order valence-corrected chi connectivity index (χ0v) is 12.5. The number of ketones is 2. The summed E-state index contributed by atoms with van der Waals surface area (Å²) >= 11 is 0. The van der Waals surface area contributed by atoms with Gasteiger partial charge in [0.1, 0.15) is 5.60 Å². The van der Waals surface area contributed by atoms with E-state index < -0.39 is 5.60 Å². The Bertz CT molecular complexity index is 565. The highest BCUT2D eigenvalue weighted by Crippen LogP contribution is 2.34. The summed E-state index contributed by atoms with van der Waals surface area (Å²) in [5.41, 5.74) is 1.67. The SMILES string of the molecule is CC1=C(C)C(=O)C(CC[C@@]2(C)CCC(=O)O2)=C(C)C1=O. The van der Waals surface area contributed by atoms with E-state index >= 15 is 0 Å². The van der Waals surface area contributed by atoms with Gasteiger partial charge >= 0.3 is 5.97 Å². The third kappa shape index (κ3) is 2.47. The Balaban J connectivity index is 2.15. The summed E-state index contributed by atoms with van der Waals surface area (Å²) in [7, 11) is 0. The number of rotatable bonds is 3. The second-order valence-electron chi connectivity index (χ2n) is 5.94. The topological polar surface area (TPSA) is 60.4 Å². The third-order valence-electron chi connectivity index (χ3n) is 4.43. The number of esters is 1. The van der Waals surface area contributed by atoms with Crippen LogP contribution in [0.25, 0.3) is 0 Å². The first-order valence-corrected chi connectivity index (χ1v) is 6.93. The molecule has 2 rings (SSSR count). The van der Waals surface area contributed by atoms with Gasteiger partial charge in [-0.05, 0) is 47.0 Å². The van der Waals surface area contributed by atoms with Gasteiger partial charge in [-0.2, -0.15) is 0 Å². The minimum Gasteiger partial charge on any atom is -0.459 e. The summed E-state index contributed by atoms with van der Waals surface area (Å²) in [5, 5.41) is 0. The van der Waals surface area contributed by atoms with E-state index in [4.69, 9.17) is 4.74 Å². The van der Waals surface area contributed by atoms with Crippen molar-refractivity contribution in [2.45, 2.75) is 59.0 Å². The van der Waals surface area contributed by atoms with Crippen LogP contribution in [0.15, 0.2) is 22.3 Å². The van der Waals surface area contributed by atoms with Gasteiger partial charge in [0.05, 0.1) is 0 Å². The number of hydrogen-bond donors (Lipinski definition) is 0. The zero-order chi connectivity index (χ0) is 15.1. The predicted molar refractivity (Wildman–Crippen MR) is 74.1 cm³/mol. The van der Waals surface area contributed by atoms with Crippen LogP contribution in [0.4, 0.5) is 0 Å². The van der Waals surface area contributed by atoms with E-state index in [-0.39, 0.29) is 17.5 Å². The van der Waals surface area contributed by atoms with Crippen molar-refractivity contribution in [1.82, 2.24) is 0 Å². The fraction of sp³-hybridized carbons (Fsp3) is 0.562. The van der Waals surface area contributed by atoms with Crippen molar-refractivity contribution in [3.8, 4) is 0 Å². The van der Waals surface area contributed by atoms with E-state index in [2.05, 4.69) is 0 Å². The van der Waals surface area contributed by atoms with Crippen molar-refractivity contribution in [1.29, 1.82) is 0 Å². The maximum Gasteiger partial charge on any atom is 0.306 e. The number of ether oxygens (including phenoxy) is 1. The van der Waals surface area contributed by atoms with Crippen LogP contribution in [0.5, 0.6) is 0 Å². The van der Waals surface area contributed by atoms with Crippen LogP contribution >= 0.6 is 0 Å². The van der Waals surface area contributed by atoms with Crippen molar-refractivity contribution < 1.29 is 19.1 Å². The molecular weight excluding hydrogens is 256 g/mol. The van der Waals surface area contributed by atoms with Gasteiger partial charge in [0, 0.05) is 28.7 Å². The zero-order valence-electron chi connectivity index (χ0n) is 12.5. The fourth-order valence-corrected chi connectivity index (χ4v) is 2.77. The standard InChI is InChI=1S/C16H20O4/c1-9-10(2)15(19)12(11(3)14(9)18)5-7-16(4)8-6-13(17)20-16/h5-8H2,1-4H3/t16-/m0/s1. The largest absolute Gasteiger partial charge is 0.459 e. The van der Waals surface area contributed by atoms with Crippen LogP contribution < -0.4 is 0 Å². The minimum atomic E-state index is -0.502. The molecule has 1 saturated heterocycles. The number of hydrogen-bond acceptors (Lipinski definition) is 4. The molecule has 4 heteroatoms. The van der Waals surface area contributed by atoms with Gasteiger partial charge in [0.2, 0.25) is 0 Å². The quantitative estimate of drug-likeness (QED) is 0.587. The van der Waals surface area contributed by atoms with Gasteiger partial charge in [-0.3, -0.25) is 14.4 Å². The number of cyclic esters (lactones) is 1. The van der Waals surface area contributed by atoms with Crippen LogP contribution in [0, 0.1) is 0 Å². The molecule has 0 unspecified atom stereocenters. The number of allylic oxidation sites excluding steroid dienone is 4. The molecule has 1 fully saturated rings. The van der Waals surface area contributed by atoms with E-state index in [1.807, 2.05) is 6.92 Å². The summed E-state index contributed by atoms with van der Waals surface area (Å²) in [5.74, 6) is -0.283. The van der Waals surface area contributed by atoms with E-state index in [0.29, 0.717) is 48.0 Å². The Morgan fingerprint density at radius 2 is 1.60 bits per heavy atom. The first-order chi connectivity index (χ1) is 9.25. The summed E-state index contributed by atoms with van der Waals surface area (Å²) < 4.78 is 5.32. The Morgan fingerprint density at radius 3 is 2.15 bits per heavy atom. The van der Waals surface area contributed by atoms with Gasteiger partial charge in [-0.1, -0.05) is 0 Å². The normalized spacial score (nSPS) is 27.5. The van der Waals surface area contributed by atoms with Crippen LogP contribution in [0.2, 0.25) is 0 Å². The summed E-state index contributed by atoms with van der Waals surface area (Å²) in [4.78, 5) is 35.6. The highest BCUT2D eigenvalue weighted by atomic mass is 16.6. The second-order valence-corrected chi connectivity index (χ2v) is 5.94. The maximum atomic E-state index is 12.3. The molecule has 0 bridgehead atoms. The van der Waals surface area contributed by atoms with Crippen LogP contribution in [0.3, 0.4) is 0 Å². The van der Waals surface area contributed by atoms with Crippen LogP contribution in [0.1, 0.15) is 53.4 Å². The lowest BCUT2D eigenvalue weighted by Crippen LogP contribution is -2.26. The Labute approximate surface area is 118 Å². The Hall–Kier alpha value is -1.71. The number of carbonyl (C=O) groups excluding carboxylic acids is 3. The molecule has 0 aromatic heterocycles. The van der Waals surface area contributed by atoms with E-state index in [9.17, 15) is 14.4 Å². The lowest BCUT2D eigenvalue weighted by atomic mass is 9.82. The van der Waals surface area contributed by atoms with Gasteiger partial charge in [-0.15, -0.1) is 0 Å². The number of Topliss-reactive ketones (excluding diaryl/α,β-unsaturated/α-hetero) is 2. The third-order valence-corrected chi connectivity index (χ3v) is 4.43. The molecule has 1 aliphatic heterocycles. The molecule has 0 amide bonds. The molecule has 2 aliphatic rings. The molecule has 1 aliphatic carbocycles. The predicted octanol–water partition coefficient (Wildman–Crippen LogP) is 2.67. The summed E-state index contributed by atoms with van der Waals surface area (Å²) in [6.45, 7) is 6.97. The van der Waals surface area contributed by atoms with Crippen molar-refractivity contribution in [2.24, 2.45) is 0 Å². The molecule has 0 spiro atoms. The minimum absolute atomic E-state index is 0.0486. The van der Waals surface area contributed by atoms with Crippen molar-refractivity contribution >= 4 is 17.5 Å². The summed E-state index contributed by atoms with van der Waals surface area (Å²) in [6.07, 6.45) is 2.16. The number of carbonyl (C=O) groups is 3. The molecule has 1 heterocycles. The average molecular weight is 276 g/mol. The molecular formula is C16H20O4. The van der Waals surface area contributed by atoms with E-state index in [1.54, 1.807) is 20.8 Å². The van der Waals surface area contributed by atoms with Crippen molar-refractivity contribution in [3.63, 3.8) is 0 Å². The van der Waals surface area contributed by atoms with Crippen molar-refractivity contribution in [3.05, 3.63) is 22.3 Å². The van der Waals surface area contributed by atoms with Crippen LogP contribution in [-0.2, 0) is 19.1 Å². The smallest absolute Gasteiger partial charge is 0.306 e. The molecule has 0 radical (unpaired) electrons. The molecule has 108 valence electrons. The Morgan fingerprint density at radius 1 is 1.00 bits per heavy atom. The monoisotopic (exact) mass is 276 g/mol. The average Bonchev–Trinajstić information content (AvgIpc) is 2.74. The summed E-state index contributed by atoms with van der Waals surface area (Å²) in [6, 6.07) is 0. The highest BCUT2D eigenvalue weighted by Gasteiger charge is 2.37. The van der Waals surface area contributed by atoms with E-state index in [0.717, 1.165) is 0 Å². The van der Waals surface area contributed by atoms with Crippen LogP contribution in [-0.4, -0.2) is 23.1 Å². The molecule has 1 atom stereocenters. The molecule has 0 N–H and O–H groups in total.